The molecule has 0 bridgehead atoms. The first kappa shape index (κ1) is 18.8. The topological polar surface area (TPSA) is 95.1 Å². The van der Waals surface area contributed by atoms with E-state index < -0.39 is 17.4 Å². The Hall–Kier alpha value is -2.28. The van der Waals surface area contributed by atoms with Crippen LogP contribution < -0.4 is 10.1 Å². The number of halogens is 1. The van der Waals surface area contributed by atoms with Gasteiger partial charge in [0.1, 0.15) is 28.8 Å². The first-order valence-electron chi connectivity index (χ1n) is 6.92. The van der Waals surface area contributed by atoms with Crippen LogP contribution in [0.5, 0.6) is 5.75 Å². The monoisotopic (exact) mass is 335 g/mol. The van der Waals surface area contributed by atoms with Crippen LogP contribution in [0.15, 0.2) is 12.1 Å². The van der Waals surface area contributed by atoms with Gasteiger partial charge < -0.3 is 14.8 Å². The minimum Gasteiger partial charge on any atom is -0.495 e. The van der Waals surface area contributed by atoms with Gasteiger partial charge >= 0.3 is 5.97 Å². The molecule has 1 N–H and O–H groups in total. The van der Waals surface area contributed by atoms with Crippen molar-refractivity contribution >= 4 is 17.6 Å². The highest BCUT2D eigenvalue weighted by atomic mass is 35.5. The van der Waals surface area contributed by atoms with Crippen molar-refractivity contribution in [3.8, 4) is 17.9 Å². The molecule has 0 aliphatic carbocycles. The molecular formula is C16H18ClN3O3. The number of nitrogens with one attached hydrogen (secondary N) is 1. The highest BCUT2D eigenvalue weighted by molar-refractivity contribution is 6.32. The molecule has 0 saturated carbocycles. The summed E-state index contributed by atoms with van der Waals surface area (Å²) in [5.41, 5.74) is -0.718. The molecule has 6 nitrogen and oxygen atoms in total. The van der Waals surface area contributed by atoms with Crippen LogP contribution >= 0.6 is 11.6 Å². The molecule has 7 heteroatoms. The molecule has 1 rings (SSSR count). The standard InChI is InChI=1S/C16H18ClN3O3/c1-5-23-15(21)16(2,14(9-19)20-3)10-6-12(17)11(8-18)13(7-10)22-4/h6-7,14,20H,5H2,1-4H3. The van der Waals surface area contributed by atoms with Gasteiger partial charge in [-0.25, -0.2) is 0 Å². The van der Waals surface area contributed by atoms with E-state index in [1.807, 2.05) is 6.07 Å². The number of nitrogens with zero attached hydrogens (tertiary/aromatic N) is 2. The largest absolute Gasteiger partial charge is 0.495 e. The van der Waals surface area contributed by atoms with Crippen molar-refractivity contribution in [2.75, 3.05) is 20.8 Å². The Morgan fingerprint density at radius 3 is 2.57 bits per heavy atom. The normalized spacial score (nSPS) is 14.0. The maximum absolute atomic E-state index is 12.5. The lowest BCUT2D eigenvalue weighted by Gasteiger charge is -2.32. The Labute approximate surface area is 140 Å². The van der Waals surface area contributed by atoms with Crippen LogP contribution in [0.2, 0.25) is 5.02 Å². The summed E-state index contributed by atoms with van der Waals surface area (Å²) in [5.74, 6) is -0.331. The van der Waals surface area contributed by atoms with Gasteiger partial charge in [-0.2, -0.15) is 10.5 Å². The van der Waals surface area contributed by atoms with E-state index >= 15 is 0 Å². The van der Waals surface area contributed by atoms with Crippen molar-refractivity contribution in [2.24, 2.45) is 0 Å². The smallest absolute Gasteiger partial charge is 0.318 e. The molecule has 0 radical (unpaired) electrons. The van der Waals surface area contributed by atoms with Crippen LogP contribution in [0.1, 0.15) is 25.0 Å². The van der Waals surface area contributed by atoms with Gasteiger partial charge in [-0.1, -0.05) is 11.6 Å². The highest BCUT2D eigenvalue weighted by Gasteiger charge is 2.45. The molecule has 0 fully saturated rings. The molecule has 23 heavy (non-hydrogen) atoms. The van der Waals surface area contributed by atoms with Crippen LogP contribution in [0.25, 0.3) is 0 Å². The zero-order valence-corrected chi connectivity index (χ0v) is 14.2. The highest BCUT2D eigenvalue weighted by Crippen LogP contribution is 2.36. The van der Waals surface area contributed by atoms with Crippen LogP contribution in [-0.2, 0) is 14.9 Å². The number of methoxy groups -OCH3 is 1. The fourth-order valence-electron chi connectivity index (χ4n) is 2.32. The third-order valence-corrected chi connectivity index (χ3v) is 3.98. The van der Waals surface area contributed by atoms with E-state index in [1.54, 1.807) is 20.9 Å². The van der Waals surface area contributed by atoms with Crippen LogP contribution in [-0.4, -0.2) is 32.8 Å². The van der Waals surface area contributed by atoms with Gasteiger partial charge in [-0.15, -0.1) is 0 Å². The quantitative estimate of drug-likeness (QED) is 0.800. The zero-order chi connectivity index (χ0) is 17.6. The fourth-order valence-corrected chi connectivity index (χ4v) is 2.57. The maximum atomic E-state index is 12.5. The first-order valence-corrected chi connectivity index (χ1v) is 7.30. The van der Waals surface area contributed by atoms with Crippen molar-refractivity contribution < 1.29 is 14.3 Å². The molecule has 0 aromatic heterocycles. The molecule has 0 heterocycles. The second-order valence-corrected chi connectivity index (χ2v) is 5.33. The van der Waals surface area contributed by atoms with Gasteiger partial charge in [-0.3, -0.25) is 4.79 Å². The number of hydrogen-bond donors (Lipinski definition) is 1. The number of likely N-dealkylation sites (N-methyl/N-ethyl adjacent to an activating group) is 1. The third-order valence-electron chi connectivity index (χ3n) is 3.68. The first-order chi connectivity index (χ1) is 10.9. The number of rotatable bonds is 6. The van der Waals surface area contributed by atoms with Crippen LogP contribution in [0, 0.1) is 22.7 Å². The van der Waals surface area contributed by atoms with Crippen LogP contribution in [0.3, 0.4) is 0 Å². The molecule has 2 unspecified atom stereocenters. The summed E-state index contributed by atoms with van der Waals surface area (Å²) in [5, 5.41) is 21.5. The summed E-state index contributed by atoms with van der Waals surface area (Å²) in [7, 11) is 2.98. The lowest BCUT2D eigenvalue weighted by Crippen LogP contribution is -2.50. The fraction of sp³-hybridized carbons (Fsp3) is 0.438. The van der Waals surface area contributed by atoms with E-state index in [9.17, 15) is 10.1 Å². The summed E-state index contributed by atoms with van der Waals surface area (Å²) >= 11 is 6.13. The van der Waals surface area contributed by atoms with E-state index in [2.05, 4.69) is 11.4 Å². The number of carbonyl (C=O) groups is 1. The molecule has 0 saturated heterocycles. The summed E-state index contributed by atoms with van der Waals surface area (Å²) < 4.78 is 10.3. The average Bonchev–Trinajstić information content (AvgIpc) is 2.54. The molecule has 0 amide bonds. The number of nitriles is 2. The Morgan fingerprint density at radius 2 is 2.13 bits per heavy atom. The molecule has 2 atom stereocenters. The Morgan fingerprint density at radius 1 is 1.48 bits per heavy atom. The van der Waals surface area contributed by atoms with Crippen molar-refractivity contribution in [3.63, 3.8) is 0 Å². The van der Waals surface area contributed by atoms with Gasteiger partial charge in [0, 0.05) is 0 Å². The van der Waals surface area contributed by atoms with E-state index in [1.165, 1.54) is 19.2 Å². The van der Waals surface area contributed by atoms with Crippen LogP contribution in [0.4, 0.5) is 0 Å². The summed E-state index contributed by atoms with van der Waals surface area (Å²) in [6.45, 7) is 3.45. The molecule has 1 aromatic rings. The Kier molecular flexibility index (Phi) is 6.38. The van der Waals surface area contributed by atoms with Crippen molar-refractivity contribution in [2.45, 2.75) is 25.3 Å². The van der Waals surface area contributed by atoms with Gasteiger partial charge in [-0.05, 0) is 38.6 Å². The maximum Gasteiger partial charge on any atom is 0.318 e. The molecular weight excluding hydrogens is 318 g/mol. The predicted molar refractivity (Wildman–Crippen MR) is 85.2 cm³/mol. The van der Waals surface area contributed by atoms with Crippen molar-refractivity contribution in [1.29, 1.82) is 10.5 Å². The summed E-state index contributed by atoms with van der Waals surface area (Å²) in [6.07, 6.45) is 0. The minimum absolute atomic E-state index is 0.144. The van der Waals surface area contributed by atoms with E-state index in [4.69, 9.17) is 26.3 Å². The number of ether oxygens (including phenoxy) is 2. The Bertz CT molecular complexity index is 678. The summed E-state index contributed by atoms with van der Waals surface area (Å²) in [6, 6.07) is 6.17. The number of benzene rings is 1. The summed E-state index contributed by atoms with van der Waals surface area (Å²) in [4.78, 5) is 12.5. The third kappa shape index (κ3) is 3.39. The van der Waals surface area contributed by atoms with Crippen molar-refractivity contribution in [1.82, 2.24) is 5.32 Å². The second kappa shape index (κ2) is 7.82. The number of hydrogen-bond acceptors (Lipinski definition) is 6. The van der Waals surface area contributed by atoms with E-state index in [0.29, 0.717) is 5.56 Å². The molecule has 0 aliphatic heterocycles. The van der Waals surface area contributed by atoms with Gasteiger partial charge in [0.15, 0.2) is 0 Å². The van der Waals surface area contributed by atoms with Gasteiger partial charge in [0.2, 0.25) is 0 Å². The zero-order valence-electron chi connectivity index (χ0n) is 13.4. The number of esters is 1. The minimum atomic E-state index is -1.32. The van der Waals surface area contributed by atoms with E-state index in [0.717, 1.165) is 0 Å². The molecule has 0 aliphatic rings. The molecule has 0 spiro atoms. The van der Waals surface area contributed by atoms with Crippen molar-refractivity contribution in [3.05, 3.63) is 28.3 Å². The Balaban J connectivity index is 3.63. The van der Waals surface area contributed by atoms with Gasteiger partial charge in [0.25, 0.3) is 0 Å². The lowest BCUT2D eigenvalue weighted by molar-refractivity contribution is -0.150. The lowest BCUT2D eigenvalue weighted by atomic mass is 9.76. The SMILES string of the molecule is CCOC(=O)C(C)(c1cc(Cl)c(C#N)c(OC)c1)C(C#N)NC. The second-order valence-electron chi connectivity index (χ2n) is 4.92. The van der Waals surface area contributed by atoms with E-state index in [-0.39, 0.29) is 22.9 Å². The average molecular weight is 336 g/mol. The predicted octanol–water partition coefficient (Wildman–Crippen LogP) is 2.15. The number of carbonyl (C=O) groups excluding carboxylic acids is 1. The molecule has 122 valence electrons. The van der Waals surface area contributed by atoms with Gasteiger partial charge in [0.05, 0.1) is 24.8 Å². The molecule has 1 aromatic carbocycles.